The van der Waals surface area contributed by atoms with Crippen LogP contribution in [0.2, 0.25) is 0 Å². The summed E-state index contributed by atoms with van der Waals surface area (Å²) in [6.45, 7) is 7.10. The van der Waals surface area contributed by atoms with Crippen molar-refractivity contribution in [3.63, 3.8) is 0 Å². The molecule has 47 heavy (non-hydrogen) atoms. The molecular formula is C28H38O19. The molecule has 0 aliphatic carbocycles. The summed E-state index contributed by atoms with van der Waals surface area (Å²) >= 11 is 0. The smallest absolute Gasteiger partial charge is 0.303 e. The van der Waals surface area contributed by atoms with Crippen LogP contribution < -0.4 is 0 Å². The fourth-order valence-electron chi connectivity index (χ4n) is 4.73. The van der Waals surface area contributed by atoms with Crippen LogP contribution in [0, 0.1) is 0 Å². The second-order valence-corrected chi connectivity index (χ2v) is 10.3. The Hall–Kier alpha value is -4.36. The first-order valence-corrected chi connectivity index (χ1v) is 14.2. The van der Waals surface area contributed by atoms with E-state index in [0.717, 1.165) is 55.4 Å². The van der Waals surface area contributed by atoms with Crippen LogP contribution in [0.1, 0.15) is 55.4 Å². The molecule has 2 aliphatic rings. The predicted molar refractivity (Wildman–Crippen MR) is 145 cm³/mol. The van der Waals surface area contributed by atoms with Gasteiger partial charge in [-0.05, 0) is 0 Å². The maximum Gasteiger partial charge on any atom is 0.303 e. The molecule has 264 valence electrons. The first-order valence-electron chi connectivity index (χ1n) is 14.2. The van der Waals surface area contributed by atoms with E-state index < -0.39 is 122 Å². The van der Waals surface area contributed by atoms with Gasteiger partial charge in [0.1, 0.15) is 25.4 Å². The van der Waals surface area contributed by atoms with Crippen molar-refractivity contribution in [1.29, 1.82) is 0 Å². The molecule has 0 saturated carbocycles. The molecule has 2 rings (SSSR count). The Balaban J connectivity index is 2.69. The fraction of sp³-hybridized carbons (Fsp3) is 0.714. The Kier molecular flexibility index (Phi) is 14.5. The summed E-state index contributed by atoms with van der Waals surface area (Å²) in [5.41, 5.74) is 0. The van der Waals surface area contributed by atoms with E-state index in [2.05, 4.69) is 0 Å². The van der Waals surface area contributed by atoms with Gasteiger partial charge in [0.05, 0.1) is 0 Å². The second kappa shape index (κ2) is 17.5. The molecule has 19 nitrogen and oxygen atoms in total. The van der Waals surface area contributed by atoms with E-state index >= 15 is 0 Å². The van der Waals surface area contributed by atoms with Gasteiger partial charge in [0.15, 0.2) is 36.6 Å². The Morgan fingerprint density at radius 2 is 0.638 bits per heavy atom. The maximum atomic E-state index is 12.2. The van der Waals surface area contributed by atoms with Crippen LogP contribution in [-0.2, 0) is 90.5 Å². The third-order valence-electron chi connectivity index (χ3n) is 6.16. The maximum absolute atomic E-state index is 12.2. The van der Waals surface area contributed by atoms with Crippen LogP contribution in [0.3, 0.4) is 0 Å². The SMILES string of the molecule is CC(=O)OC[C@@H]1O[C@@H](O[C@@H]2O[C@@H](COC(C)=O)[C@H](OC(C)=O)[C@@H](OC(C)=O)[C@@H]2OC(C)=O)[C@@H](OC(C)=O)[C@H](OC(C)=O)[C@H]1OC(C)=O. The number of rotatable bonds is 12. The topological polar surface area (TPSA) is 238 Å². The van der Waals surface area contributed by atoms with Crippen LogP contribution in [-0.4, -0.2) is 122 Å². The van der Waals surface area contributed by atoms with Crippen molar-refractivity contribution < 1.29 is 90.5 Å². The number of hydrogen-bond donors (Lipinski definition) is 0. The fourth-order valence-corrected chi connectivity index (χ4v) is 4.73. The van der Waals surface area contributed by atoms with Gasteiger partial charge >= 0.3 is 47.8 Å². The lowest BCUT2D eigenvalue weighted by Crippen LogP contribution is -2.66. The monoisotopic (exact) mass is 678 g/mol. The van der Waals surface area contributed by atoms with Crippen molar-refractivity contribution in [3.8, 4) is 0 Å². The van der Waals surface area contributed by atoms with Crippen molar-refractivity contribution in [3.05, 3.63) is 0 Å². The van der Waals surface area contributed by atoms with E-state index in [9.17, 15) is 38.4 Å². The molecule has 2 fully saturated rings. The molecule has 0 aromatic rings. The Bertz CT molecular complexity index is 1110. The second-order valence-electron chi connectivity index (χ2n) is 10.3. The lowest BCUT2D eigenvalue weighted by molar-refractivity contribution is -0.377. The van der Waals surface area contributed by atoms with E-state index in [-0.39, 0.29) is 0 Å². The molecule has 2 saturated heterocycles. The summed E-state index contributed by atoms with van der Waals surface area (Å²) in [6, 6.07) is 0. The van der Waals surface area contributed by atoms with Crippen LogP contribution in [0.25, 0.3) is 0 Å². The number of esters is 8. The third kappa shape index (κ3) is 12.1. The quantitative estimate of drug-likeness (QED) is 0.181. The third-order valence-corrected chi connectivity index (χ3v) is 6.16. The van der Waals surface area contributed by atoms with Gasteiger partial charge in [-0.1, -0.05) is 0 Å². The molecule has 0 radical (unpaired) electrons. The van der Waals surface area contributed by atoms with E-state index in [4.69, 9.17) is 52.1 Å². The Morgan fingerprint density at radius 3 is 0.894 bits per heavy atom. The highest BCUT2D eigenvalue weighted by molar-refractivity contribution is 5.70. The molecule has 0 amide bonds. The number of hydrogen-bond acceptors (Lipinski definition) is 19. The van der Waals surface area contributed by atoms with Gasteiger partial charge in [0, 0.05) is 55.4 Å². The standard InChI is InChI=1S/C28H38O19/c1-11(29)37-9-19-21(39-13(3)31)23(41-15(5)33)25(43-17(7)35)27(45-19)47-28-26(44-18(8)36)24(42-16(6)34)22(40-14(4)32)20(46-28)10-38-12(2)30/h19-28H,9-10H2,1-8H3/t19-,20-,21-,22-,23+,24+,25-,26-,27-,28-/m0/s1. The van der Waals surface area contributed by atoms with Gasteiger partial charge < -0.3 is 52.1 Å². The highest BCUT2D eigenvalue weighted by atomic mass is 16.8. The van der Waals surface area contributed by atoms with Crippen molar-refractivity contribution in [2.45, 2.75) is 117 Å². The first-order chi connectivity index (χ1) is 21.9. The zero-order valence-electron chi connectivity index (χ0n) is 26.9. The normalized spacial score (nSPS) is 30.0. The molecule has 0 N–H and O–H groups in total. The Labute approximate surface area is 268 Å². The highest BCUT2D eigenvalue weighted by Crippen LogP contribution is 2.35. The molecule has 2 heterocycles. The van der Waals surface area contributed by atoms with Gasteiger partial charge in [-0.2, -0.15) is 0 Å². The van der Waals surface area contributed by atoms with E-state index in [1.54, 1.807) is 0 Å². The number of carbonyl (C=O) groups is 8. The zero-order valence-corrected chi connectivity index (χ0v) is 26.9. The molecule has 0 unspecified atom stereocenters. The minimum absolute atomic E-state index is 0.587. The number of carbonyl (C=O) groups excluding carboxylic acids is 8. The summed E-state index contributed by atoms with van der Waals surface area (Å²) in [5.74, 6) is -6.98. The van der Waals surface area contributed by atoms with Gasteiger partial charge in [-0.3, -0.25) is 38.4 Å². The van der Waals surface area contributed by atoms with Crippen molar-refractivity contribution in [1.82, 2.24) is 0 Å². The molecule has 2 aliphatic heterocycles. The largest absolute Gasteiger partial charge is 0.463 e. The molecular weight excluding hydrogens is 640 g/mol. The van der Waals surface area contributed by atoms with Crippen molar-refractivity contribution in [2.24, 2.45) is 0 Å². The zero-order chi connectivity index (χ0) is 35.6. The molecule has 10 atom stereocenters. The summed E-state index contributed by atoms with van der Waals surface area (Å²) in [4.78, 5) is 96.2. The van der Waals surface area contributed by atoms with Crippen LogP contribution in [0.4, 0.5) is 0 Å². The van der Waals surface area contributed by atoms with Gasteiger partial charge in [0.2, 0.25) is 12.6 Å². The summed E-state index contributed by atoms with van der Waals surface area (Å²) in [6.07, 6.45) is -16.3. The van der Waals surface area contributed by atoms with Crippen LogP contribution in [0.5, 0.6) is 0 Å². The lowest BCUT2D eigenvalue weighted by atomic mass is 9.96. The average molecular weight is 679 g/mol. The van der Waals surface area contributed by atoms with Crippen LogP contribution >= 0.6 is 0 Å². The molecule has 0 aromatic heterocycles. The first kappa shape index (κ1) is 38.8. The highest BCUT2D eigenvalue weighted by Gasteiger charge is 2.57. The minimum atomic E-state index is -1.84. The van der Waals surface area contributed by atoms with Crippen molar-refractivity contribution in [2.75, 3.05) is 13.2 Å². The lowest BCUT2D eigenvalue weighted by Gasteiger charge is -2.48. The van der Waals surface area contributed by atoms with E-state index in [1.165, 1.54) is 0 Å². The molecule has 0 bridgehead atoms. The predicted octanol–water partition coefficient (Wildman–Crippen LogP) is -0.831. The van der Waals surface area contributed by atoms with Crippen molar-refractivity contribution >= 4 is 47.8 Å². The Morgan fingerprint density at radius 1 is 0.383 bits per heavy atom. The van der Waals surface area contributed by atoms with Gasteiger partial charge in [-0.25, -0.2) is 0 Å². The van der Waals surface area contributed by atoms with Gasteiger partial charge in [-0.15, -0.1) is 0 Å². The molecule has 19 heteroatoms. The average Bonchev–Trinajstić information content (AvgIpc) is 2.91. The minimum Gasteiger partial charge on any atom is -0.463 e. The summed E-state index contributed by atoms with van der Waals surface area (Å²) in [7, 11) is 0. The summed E-state index contributed by atoms with van der Waals surface area (Å²) < 4.78 is 60.1. The number of ether oxygens (including phenoxy) is 11. The molecule has 0 aromatic carbocycles. The molecule has 0 spiro atoms. The van der Waals surface area contributed by atoms with E-state index in [0.29, 0.717) is 0 Å². The van der Waals surface area contributed by atoms with E-state index in [1.807, 2.05) is 0 Å². The summed E-state index contributed by atoms with van der Waals surface area (Å²) in [5, 5.41) is 0. The van der Waals surface area contributed by atoms with Gasteiger partial charge in [0.25, 0.3) is 0 Å². The van der Waals surface area contributed by atoms with Crippen LogP contribution in [0.15, 0.2) is 0 Å².